The van der Waals surface area contributed by atoms with Crippen molar-refractivity contribution in [2.45, 2.75) is 26.8 Å². The van der Waals surface area contributed by atoms with Gasteiger partial charge in [0.25, 0.3) is 0 Å². The lowest BCUT2D eigenvalue weighted by atomic mass is 10.1. The van der Waals surface area contributed by atoms with Crippen LogP contribution in [0.2, 0.25) is 0 Å². The van der Waals surface area contributed by atoms with Crippen molar-refractivity contribution < 1.29 is 9.59 Å². The predicted octanol–water partition coefficient (Wildman–Crippen LogP) is 2.48. The number of amides is 2. The summed E-state index contributed by atoms with van der Waals surface area (Å²) in [7, 11) is 0. The molecule has 2 N–H and O–H groups in total. The molecule has 26 heavy (non-hydrogen) atoms. The summed E-state index contributed by atoms with van der Waals surface area (Å²) in [5.41, 5.74) is 1.80. The molecule has 1 saturated heterocycles. The van der Waals surface area contributed by atoms with E-state index in [0.29, 0.717) is 6.54 Å². The highest BCUT2D eigenvalue weighted by Gasteiger charge is 2.22. The van der Waals surface area contributed by atoms with Crippen molar-refractivity contribution in [1.82, 2.24) is 14.8 Å². The Hall–Kier alpha value is -2.05. The summed E-state index contributed by atoms with van der Waals surface area (Å²) in [4.78, 5) is 26.4. The lowest BCUT2D eigenvalue weighted by Crippen LogP contribution is -2.33. The smallest absolute Gasteiger partial charge is 0.242 e. The summed E-state index contributed by atoms with van der Waals surface area (Å²) in [5.74, 6) is 0.237. The number of hydrogen-bond acceptors (Lipinski definition) is 3. The van der Waals surface area contributed by atoms with Crippen LogP contribution in [0.3, 0.4) is 0 Å². The molecular formula is C19H27ClN4O2. The maximum Gasteiger partial charge on any atom is 0.242 e. The molecule has 6 nitrogen and oxygen atoms in total. The van der Waals surface area contributed by atoms with Crippen LogP contribution in [0, 0.1) is 5.92 Å². The number of likely N-dealkylation sites (N-methyl/N-ethyl adjacent to an activating group) is 1. The number of carbonyl (C=O) groups excluding carboxylic acids is 2. The third kappa shape index (κ3) is 4.37. The van der Waals surface area contributed by atoms with E-state index in [0.717, 1.165) is 49.2 Å². The first-order valence-electron chi connectivity index (χ1n) is 9.00. The Morgan fingerprint density at radius 1 is 1.27 bits per heavy atom. The fourth-order valence-electron chi connectivity index (χ4n) is 3.36. The largest absolute Gasteiger partial charge is 0.342 e. The van der Waals surface area contributed by atoms with Gasteiger partial charge in [0.05, 0.1) is 5.92 Å². The van der Waals surface area contributed by atoms with Gasteiger partial charge in [0.2, 0.25) is 11.8 Å². The number of halogens is 1. The van der Waals surface area contributed by atoms with Gasteiger partial charge >= 0.3 is 0 Å². The van der Waals surface area contributed by atoms with Crippen molar-refractivity contribution in [1.29, 1.82) is 0 Å². The van der Waals surface area contributed by atoms with Crippen LogP contribution < -0.4 is 10.6 Å². The molecule has 2 aromatic rings. The molecule has 0 spiro atoms. The van der Waals surface area contributed by atoms with Gasteiger partial charge in [-0.05, 0) is 51.1 Å². The molecule has 0 radical (unpaired) electrons. The normalized spacial score (nSPS) is 16.3. The van der Waals surface area contributed by atoms with Crippen molar-refractivity contribution in [3.63, 3.8) is 0 Å². The fourth-order valence-corrected chi connectivity index (χ4v) is 3.36. The van der Waals surface area contributed by atoms with Gasteiger partial charge in [-0.3, -0.25) is 9.59 Å². The van der Waals surface area contributed by atoms with E-state index >= 15 is 0 Å². The van der Waals surface area contributed by atoms with Crippen LogP contribution in [-0.4, -0.2) is 47.5 Å². The number of rotatable bonds is 6. The van der Waals surface area contributed by atoms with Crippen LogP contribution in [0.4, 0.5) is 5.69 Å². The van der Waals surface area contributed by atoms with Gasteiger partial charge in [-0.1, -0.05) is 0 Å². The third-order valence-corrected chi connectivity index (χ3v) is 4.89. The Labute approximate surface area is 160 Å². The third-order valence-electron chi connectivity index (χ3n) is 4.89. The van der Waals surface area contributed by atoms with Gasteiger partial charge in [0.15, 0.2) is 0 Å². The second-order valence-corrected chi connectivity index (χ2v) is 6.46. The van der Waals surface area contributed by atoms with E-state index in [1.165, 1.54) is 0 Å². The zero-order valence-electron chi connectivity index (χ0n) is 15.3. The minimum absolute atomic E-state index is 0. The molecule has 0 aliphatic carbocycles. The van der Waals surface area contributed by atoms with Crippen LogP contribution in [0.25, 0.3) is 10.9 Å². The lowest BCUT2D eigenvalue weighted by Gasteiger charge is -2.19. The van der Waals surface area contributed by atoms with Crippen LogP contribution >= 0.6 is 12.4 Å². The maximum absolute atomic E-state index is 12.3. The summed E-state index contributed by atoms with van der Waals surface area (Å²) in [6, 6.07) is 7.82. The summed E-state index contributed by atoms with van der Waals surface area (Å²) >= 11 is 0. The maximum atomic E-state index is 12.3. The van der Waals surface area contributed by atoms with Gasteiger partial charge < -0.3 is 20.1 Å². The first kappa shape index (κ1) is 20.3. The quantitative estimate of drug-likeness (QED) is 0.811. The number of anilines is 1. The zero-order valence-corrected chi connectivity index (χ0v) is 16.1. The van der Waals surface area contributed by atoms with E-state index in [9.17, 15) is 9.59 Å². The van der Waals surface area contributed by atoms with Gasteiger partial charge in [-0.2, -0.15) is 0 Å². The standard InChI is InChI=1S/C19H26N4O2.ClH/c1-3-22(4-2)18(24)13-23-10-8-14-11-16(5-6-17(14)23)21-19(25)15-7-9-20-12-15;/h5-6,8,10-11,15,20H,3-4,7,9,12-13H2,1-2H3,(H,21,25);1H. The first-order chi connectivity index (χ1) is 12.1. The van der Waals surface area contributed by atoms with Crippen molar-refractivity contribution >= 4 is 40.8 Å². The van der Waals surface area contributed by atoms with E-state index in [1.807, 2.05) is 53.8 Å². The van der Waals surface area contributed by atoms with Gasteiger partial charge in [0, 0.05) is 42.4 Å². The molecule has 142 valence electrons. The highest BCUT2D eigenvalue weighted by molar-refractivity contribution is 5.95. The van der Waals surface area contributed by atoms with E-state index in [-0.39, 0.29) is 30.1 Å². The Morgan fingerprint density at radius 3 is 2.69 bits per heavy atom. The number of nitrogens with one attached hydrogen (secondary N) is 2. The molecule has 7 heteroatoms. The zero-order chi connectivity index (χ0) is 17.8. The number of nitrogens with zero attached hydrogens (tertiary/aromatic N) is 2. The second-order valence-electron chi connectivity index (χ2n) is 6.46. The Bertz CT molecular complexity index is 764. The van der Waals surface area contributed by atoms with Gasteiger partial charge in [-0.15, -0.1) is 12.4 Å². The van der Waals surface area contributed by atoms with Crippen molar-refractivity contribution in [3.8, 4) is 0 Å². The van der Waals surface area contributed by atoms with Gasteiger partial charge in [-0.25, -0.2) is 0 Å². The molecule has 1 atom stereocenters. The molecule has 1 aromatic carbocycles. The molecule has 1 aliphatic heterocycles. The molecule has 1 unspecified atom stereocenters. The van der Waals surface area contributed by atoms with Crippen LogP contribution in [-0.2, 0) is 16.1 Å². The van der Waals surface area contributed by atoms with Crippen molar-refractivity contribution in [3.05, 3.63) is 30.5 Å². The minimum atomic E-state index is 0. The van der Waals surface area contributed by atoms with Crippen LogP contribution in [0.5, 0.6) is 0 Å². The minimum Gasteiger partial charge on any atom is -0.342 e. The lowest BCUT2D eigenvalue weighted by molar-refractivity contribution is -0.131. The molecule has 1 fully saturated rings. The SMILES string of the molecule is CCN(CC)C(=O)Cn1ccc2cc(NC(=O)C3CCNC3)ccc21.Cl. The van der Waals surface area contributed by atoms with E-state index in [4.69, 9.17) is 0 Å². The van der Waals surface area contributed by atoms with Crippen molar-refractivity contribution in [2.24, 2.45) is 5.92 Å². The van der Waals surface area contributed by atoms with Crippen molar-refractivity contribution in [2.75, 3.05) is 31.5 Å². The number of fused-ring (bicyclic) bond motifs is 1. The number of hydrogen-bond donors (Lipinski definition) is 2. The van der Waals surface area contributed by atoms with E-state index < -0.39 is 0 Å². The number of aromatic nitrogens is 1. The van der Waals surface area contributed by atoms with E-state index in [2.05, 4.69) is 10.6 Å². The van der Waals surface area contributed by atoms with Gasteiger partial charge in [0.1, 0.15) is 6.54 Å². The summed E-state index contributed by atoms with van der Waals surface area (Å²) in [6.07, 6.45) is 2.82. The Balaban J connectivity index is 0.00000243. The van der Waals surface area contributed by atoms with Crippen LogP contribution in [0.15, 0.2) is 30.5 Å². The second kappa shape index (κ2) is 9.05. The number of carbonyl (C=O) groups is 2. The average Bonchev–Trinajstić information content (AvgIpc) is 3.26. The Morgan fingerprint density at radius 2 is 2.04 bits per heavy atom. The topological polar surface area (TPSA) is 66.4 Å². The molecular weight excluding hydrogens is 352 g/mol. The monoisotopic (exact) mass is 378 g/mol. The fraction of sp³-hybridized carbons (Fsp3) is 0.474. The summed E-state index contributed by atoms with van der Waals surface area (Å²) < 4.78 is 1.96. The molecule has 0 saturated carbocycles. The van der Waals surface area contributed by atoms with E-state index in [1.54, 1.807) is 0 Å². The van der Waals surface area contributed by atoms with Crippen LogP contribution in [0.1, 0.15) is 20.3 Å². The number of benzene rings is 1. The highest BCUT2D eigenvalue weighted by atomic mass is 35.5. The summed E-state index contributed by atoms with van der Waals surface area (Å²) in [5, 5.41) is 7.23. The molecule has 2 amide bonds. The molecule has 3 rings (SSSR count). The molecule has 0 bridgehead atoms. The molecule has 1 aliphatic rings. The first-order valence-corrected chi connectivity index (χ1v) is 9.00. The predicted molar refractivity (Wildman–Crippen MR) is 107 cm³/mol. The summed E-state index contributed by atoms with van der Waals surface area (Å²) in [6.45, 7) is 7.42. The average molecular weight is 379 g/mol. The Kier molecular flexibility index (Phi) is 7.06. The highest BCUT2D eigenvalue weighted by Crippen LogP contribution is 2.22. The molecule has 2 heterocycles. The molecule has 1 aromatic heterocycles.